The Kier molecular flexibility index (Phi) is 8.00. The molecule has 220 valence electrons. The Hall–Kier alpha value is -3.24. The molecule has 0 aliphatic heterocycles. The number of amides is 1. The van der Waals surface area contributed by atoms with Crippen molar-refractivity contribution in [3.8, 4) is 11.3 Å². The number of fused-ring (bicyclic) bond motifs is 1. The summed E-state index contributed by atoms with van der Waals surface area (Å²) >= 11 is 0. The molecule has 0 atom stereocenters. The van der Waals surface area contributed by atoms with Gasteiger partial charge in [-0.05, 0) is 69.9 Å². The van der Waals surface area contributed by atoms with Gasteiger partial charge >= 0.3 is 5.97 Å². The van der Waals surface area contributed by atoms with E-state index in [1.54, 1.807) is 55.7 Å². The number of nitrogens with zero attached hydrogens (tertiary/aromatic N) is 1. The predicted molar refractivity (Wildman–Crippen MR) is 156 cm³/mol. The van der Waals surface area contributed by atoms with Crippen LogP contribution < -0.4 is 10.0 Å². The van der Waals surface area contributed by atoms with Gasteiger partial charge in [-0.15, -0.1) is 0 Å². The molecule has 41 heavy (non-hydrogen) atoms. The number of carboxylic acid groups (broad SMARTS) is 1. The van der Waals surface area contributed by atoms with Crippen molar-refractivity contribution in [1.29, 1.82) is 0 Å². The van der Waals surface area contributed by atoms with Crippen molar-refractivity contribution < 1.29 is 27.5 Å². The second-order valence-electron chi connectivity index (χ2n) is 12.5. The van der Waals surface area contributed by atoms with Crippen molar-refractivity contribution in [3.05, 3.63) is 54.0 Å². The summed E-state index contributed by atoms with van der Waals surface area (Å²) in [5, 5.41) is 13.1. The number of halogens is 1. The molecule has 1 aromatic heterocycles. The second-order valence-corrected chi connectivity index (χ2v) is 14.2. The molecular formula is C31H38FN3O5S. The van der Waals surface area contributed by atoms with E-state index in [4.69, 9.17) is 5.11 Å². The Balaban J connectivity index is 1.57. The molecule has 2 saturated carbocycles. The fourth-order valence-electron chi connectivity index (χ4n) is 6.10. The number of carbonyl (C=O) groups is 2. The van der Waals surface area contributed by atoms with Crippen LogP contribution in [0.3, 0.4) is 0 Å². The van der Waals surface area contributed by atoms with Crippen LogP contribution >= 0.6 is 0 Å². The fraction of sp³-hybridized carbons (Fsp3) is 0.484. The molecule has 1 heterocycles. The average molecular weight is 584 g/mol. The molecule has 2 aliphatic carbocycles. The van der Waals surface area contributed by atoms with Gasteiger partial charge in [0.15, 0.2) is 0 Å². The van der Waals surface area contributed by atoms with E-state index in [1.165, 1.54) is 0 Å². The number of hydrogen-bond acceptors (Lipinski definition) is 4. The first-order valence-corrected chi connectivity index (χ1v) is 15.8. The van der Waals surface area contributed by atoms with Crippen LogP contribution in [0.5, 0.6) is 0 Å². The molecular weight excluding hydrogens is 545 g/mol. The van der Waals surface area contributed by atoms with Gasteiger partial charge in [-0.25, -0.2) is 13.1 Å². The molecule has 8 nitrogen and oxygen atoms in total. The summed E-state index contributed by atoms with van der Waals surface area (Å²) in [6.45, 7) is 5.75. The van der Waals surface area contributed by atoms with E-state index in [1.807, 2.05) is 12.1 Å². The number of benzene rings is 2. The summed E-state index contributed by atoms with van der Waals surface area (Å²) in [6.07, 6.45) is 5.93. The quantitative estimate of drug-likeness (QED) is 0.315. The molecule has 5 rings (SSSR count). The Bertz CT molecular complexity index is 1580. The first kappa shape index (κ1) is 29.3. The number of carbonyl (C=O) groups excluding carboxylic acids is 1. The van der Waals surface area contributed by atoms with Gasteiger partial charge in [0.05, 0.1) is 22.1 Å². The van der Waals surface area contributed by atoms with Gasteiger partial charge < -0.3 is 15.0 Å². The molecule has 0 unspecified atom stereocenters. The fourth-order valence-corrected chi connectivity index (χ4v) is 7.73. The van der Waals surface area contributed by atoms with Crippen LogP contribution in [0.25, 0.3) is 22.0 Å². The molecule has 3 N–H and O–H groups in total. The minimum Gasteiger partial charge on any atom is -0.481 e. The topological polar surface area (TPSA) is 118 Å². The molecule has 2 aliphatic rings. The van der Waals surface area contributed by atoms with Gasteiger partial charge in [-0.2, -0.15) is 4.39 Å². The van der Waals surface area contributed by atoms with Crippen molar-refractivity contribution in [2.75, 3.05) is 0 Å². The molecule has 0 bridgehead atoms. The smallest absolute Gasteiger partial charge is 0.306 e. The van der Waals surface area contributed by atoms with Crippen LogP contribution in [0.2, 0.25) is 0 Å². The van der Waals surface area contributed by atoms with E-state index >= 15 is 4.39 Å². The molecule has 2 fully saturated rings. The molecule has 3 aromatic rings. The van der Waals surface area contributed by atoms with Crippen LogP contribution in [0.4, 0.5) is 4.39 Å². The van der Waals surface area contributed by atoms with E-state index in [0.29, 0.717) is 41.4 Å². The van der Waals surface area contributed by atoms with Crippen molar-refractivity contribution in [2.45, 2.75) is 88.7 Å². The maximum atomic E-state index is 16.1. The van der Waals surface area contributed by atoms with E-state index in [0.717, 1.165) is 32.1 Å². The van der Waals surface area contributed by atoms with Crippen molar-refractivity contribution in [1.82, 2.24) is 14.6 Å². The Morgan fingerprint density at radius 1 is 1.02 bits per heavy atom. The molecule has 1 amide bonds. The van der Waals surface area contributed by atoms with E-state index in [-0.39, 0.29) is 22.4 Å². The monoisotopic (exact) mass is 583 g/mol. The Morgan fingerprint density at radius 2 is 1.68 bits per heavy atom. The largest absolute Gasteiger partial charge is 0.481 e. The van der Waals surface area contributed by atoms with Gasteiger partial charge in [-0.3, -0.25) is 9.59 Å². The third-order valence-electron chi connectivity index (χ3n) is 8.15. The number of nitrogens with one attached hydrogen (secondary N) is 2. The van der Waals surface area contributed by atoms with Crippen LogP contribution in [0.15, 0.2) is 47.4 Å². The minimum atomic E-state index is -3.85. The highest BCUT2D eigenvalue weighted by Gasteiger charge is 2.36. The summed E-state index contributed by atoms with van der Waals surface area (Å²) in [4.78, 5) is 24.5. The van der Waals surface area contributed by atoms with Gasteiger partial charge in [0, 0.05) is 29.1 Å². The van der Waals surface area contributed by atoms with Crippen LogP contribution in [-0.4, -0.2) is 41.5 Å². The zero-order valence-corrected chi connectivity index (χ0v) is 24.6. The van der Waals surface area contributed by atoms with Crippen molar-refractivity contribution in [3.63, 3.8) is 0 Å². The van der Waals surface area contributed by atoms with Gasteiger partial charge in [0.25, 0.3) is 5.91 Å². The van der Waals surface area contributed by atoms with Crippen LogP contribution in [-0.2, 0) is 21.4 Å². The number of hydrogen-bond donors (Lipinski definition) is 3. The van der Waals surface area contributed by atoms with Crippen LogP contribution in [0, 0.1) is 17.8 Å². The average Bonchev–Trinajstić information content (AvgIpc) is 3.19. The Labute approximate surface area is 240 Å². The zero-order valence-electron chi connectivity index (χ0n) is 23.7. The maximum Gasteiger partial charge on any atom is 0.306 e. The predicted octanol–water partition coefficient (Wildman–Crippen LogP) is 5.70. The Morgan fingerprint density at radius 3 is 2.32 bits per heavy atom. The third-order valence-corrected chi connectivity index (χ3v) is 9.97. The molecule has 0 saturated heterocycles. The summed E-state index contributed by atoms with van der Waals surface area (Å²) in [6, 6.07) is 11.6. The minimum absolute atomic E-state index is 0.0928. The summed E-state index contributed by atoms with van der Waals surface area (Å²) in [5.74, 6) is -2.32. The standard InChI is InChI=1S/C31H38FN3O5S/c1-31(2,3)34-41(39,40)27-14-13-23(22-11-7-8-12-24(22)27)26-17-25(29(36)33-21-15-20(16-21)30(37)38)28(32)35(26)18-19-9-5-4-6-10-19/h7-8,11-14,17,19-21,34H,4-6,9-10,15-16,18H2,1-3H3,(H,33,36)(H,37,38). The van der Waals surface area contributed by atoms with Gasteiger partial charge in [0.2, 0.25) is 16.0 Å². The van der Waals surface area contributed by atoms with E-state index in [9.17, 15) is 18.0 Å². The molecule has 0 spiro atoms. The molecule has 10 heteroatoms. The maximum absolute atomic E-state index is 16.1. The number of carboxylic acids is 1. The normalized spacial score (nSPS) is 20.1. The summed E-state index contributed by atoms with van der Waals surface area (Å²) in [7, 11) is -3.85. The lowest BCUT2D eigenvalue weighted by atomic mass is 9.80. The number of aliphatic carboxylic acids is 1. The van der Waals surface area contributed by atoms with E-state index in [2.05, 4.69) is 10.0 Å². The van der Waals surface area contributed by atoms with Gasteiger partial charge in [-0.1, -0.05) is 49.6 Å². The third kappa shape index (κ3) is 6.18. The van der Waals surface area contributed by atoms with Crippen LogP contribution in [0.1, 0.15) is 76.1 Å². The highest BCUT2D eigenvalue weighted by Crippen LogP contribution is 2.37. The summed E-state index contributed by atoms with van der Waals surface area (Å²) < 4.78 is 47.0. The zero-order chi connectivity index (χ0) is 29.5. The first-order valence-electron chi connectivity index (χ1n) is 14.3. The van der Waals surface area contributed by atoms with Crippen molar-refractivity contribution in [2.24, 2.45) is 11.8 Å². The highest BCUT2D eigenvalue weighted by atomic mass is 32.2. The lowest BCUT2D eigenvalue weighted by Gasteiger charge is -2.32. The second kappa shape index (κ2) is 11.2. The number of aromatic nitrogens is 1. The highest BCUT2D eigenvalue weighted by molar-refractivity contribution is 7.89. The SMILES string of the molecule is CC(C)(C)NS(=O)(=O)c1ccc(-c2cc(C(=O)NC3CC(C(=O)O)C3)c(F)n2CC2CCCCC2)c2ccccc12. The number of rotatable bonds is 8. The lowest BCUT2D eigenvalue weighted by Crippen LogP contribution is -2.46. The number of sulfonamides is 1. The summed E-state index contributed by atoms with van der Waals surface area (Å²) in [5.41, 5.74) is 0.381. The lowest BCUT2D eigenvalue weighted by molar-refractivity contribution is -0.145. The molecule has 0 radical (unpaired) electrons. The van der Waals surface area contributed by atoms with E-state index < -0.39 is 39.3 Å². The van der Waals surface area contributed by atoms with Gasteiger partial charge in [0.1, 0.15) is 0 Å². The first-order chi connectivity index (χ1) is 19.3. The van der Waals surface area contributed by atoms with Crippen molar-refractivity contribution >= 4 is 32.7 Å². The molecule has 2 aromatic carbocycles.